The Morgan fingerprint density at radius 1 is 0.960 bits per heavy atom. The zero-order chi connectivity index (χ0) is 18.2. The highest BCUT2D eigenvalue weighted by atomic mass is 32.2. The van der Waals surface area contributed by atoms with Gasteiger partial charge in [0.05, 0.1) is 18.5 Å². The molecule has 0 saturated carbocycles. The van der Waals surface area contributed by atoms with Crippen LogP contribution in [0.25, 0.3) is 10.9 Å². The minimum atomic E-state index is -3.53. The third kappa shape index (κ3) is 3.74. The van der Waals surface area contributed by atoms with Crippen molar-refractivity contribution < 1.29 is 8.42 Å². The van der Waals surface area contributed by atoms with E-state index in [4.69, 9.17) is 0 Å². The number of benzene rings is 2. The lowest BCUT2D eigenvalue weighted by Crippen LogP contribution is -2.31. The van der Waals surface area contributed by atoms with Crippen LogP contribution in [-0.4, -0.2) is 19.7 Å². The van der Waals surface area contributed by atoms with E-state index in [2.05, 4.69) is 4.98 Å². The molecule has 130 valence electrons. The summed E-state index contributed by atoms with van der Waals surface area (Å²) in [6.07, 6.45) is 1.14. The first kappa shape index (κ1) is 17.2. The Morgan fingerprint density at radius 2 is 1.60 bits per heavy atom. The van der Waals surface area contributed by atoms with Crippen LogP contribution in [0.4, 0.5) is 5.69 Å². The molecule has 0 aliphatic rings. The summed E-state index contributed by atoms with van der Waals surface area (Å²) in [5, 5.41) is 0.873. The minimum Gasteiger partial charge on any atom is -0.322 e. The molecule has 0 fully saturated rings. The smallest absolute Gasteiger partial charge is 0.253 e. The number of hydrogen-bond acceptors (Lipinski definition) is 3. The molecular formula is C19H20N2O3S. The lowest BCUT2D eigenvalue weighted by atomic mass is 10.1. The van der Waals surface area contributed by atoms with Gasteiger partial charge in [-0.15, -0.1) is 0 Å². The van der Waals surface area contributed by atoms with Crippen molar-refractivity contribution in [2.24, 2.45) is 0 Å². The predicted octanol–water partition coefficient (Wildman–Crippen LogP) is 3.11. The first-order valence-electron chi connectivity index (χ1n) is 7.91. The molecule has 6 heteroatoms. The SMILES string of the molecule is Cc1ccc(N(Cc2cc3ccc(C)cc3[nH]c2=O)S(C)(=O)=O)cc1. The molecular weight excluding hydrogens is 336 g/mol. The Morgan fingerprint density at radius 3 is 2.24 bits per heavy atom. The zero-order valence-corrected chi connectivity index (χ0v) is 15.2. The first-order chi connectivity index (χ1) is 11.7. The molecule has 25 heavy (non-hydrogen) atoms. The molecule has 0 bridgehead atoms. The van der Waals surface area contributed by atoms with Crippen LogP contribution in [0, 0.1) is 13.8 Å². The van der Waals surface area contributed by atoms with E-state index in [1.165, 1.54) is 4.31 Å². The van der Waals surface area contributed by atoms with Gasteiger partial charge in [-0.3, -0.25) is 9.10 Å². The number of aryl methyl sites for hydroxylation is 2. The third-order valence-electron chi connectivity index (χ3n) is 4.11. The van der Waals surface area contributed by atoms with Gasteiger partial charge >= 0.3 is 0 Å². The van der Waals surface area contributed by atoms with Crippen LogP contribution in [0.5, 0.6) is 0 Å². The molecule has 0 aliphatic heterocycles. The molecule has 3 aromatic rings. The number of nitrogens with zero attached hydrogens (tertiary/aromatic N) is 1. The summed E-state index contributed by atoms with van der Waals surface area (Å²) >= 11 is 0. The normalized spacial score (nSPS) is 11.6. The van der Waals surface area contributed by atoms with Crippen LogP contribution >= 0.6 is 0 Å². The summed E-state index contributed by atoms with van der Waals surface area (Å²) in [6, 6.07) is 14.7. The largest absolute Gasteiger partial charge is 0.322 e. The van der Waals surface area contributed by atoms with Crippen molar-refractivity contribution in [1.82, 2.24) is 4.98 Å². The molecule has 2 aromatic carbocycles. The van der Waals surface area contributed by atoms with E-state index in [1.807, 2.05) is 44.2 Å². The van der Waals surface area contributed by atoms with Gasteiger partial charge in [0, 0.05) is 11.1 Å². The molecule has 1 aromatic heterocycles. The average molecular weight is 356 g/mol. The molecule has 1 heterocycles. The maximum absolute atomic E-state index is 12.4. The van der Waals surface area contributed by atoms with Gasteiger partial charge in [0.25, 0.3) is 5.56 Å². The number of nitrogens with one attached hydrogen (secondary N) is 1. The quantitative estimate of drug-likeness (QED) is 0.781. The van der Waals surface area contributed by atoms with Crippen LogP contribution in [0.15, 0.2) is 53.3 Å². The first-order valence-corrected chi connectivity index (χ1v) is 9.76. The molecule has 0 atom stereocenters. The fraction of sp³-hybridized carbons (Fsp3) is 0.211. The maximum atomic E-state index is 12.4. The molecule has 5 nitrogen and oxygen atoms in total. The van der Waals surface area contributed by atoms with Crippen molar-refractivity contribution in [2.75, 3.05) is 10.6 Å². The number of sulfonamides is 1. The number of aromatic nitrogens is 1. The van der Waals surface area contributed by atoms with E-state index in [1.54, 1.807) is 18.2 Å². The number of aromatic amines is 1. The number of hydrogen-bond donors (Lipinski definition) is 1. The van der Waals surface area contributed by atoms with Crippen LogP contribution < -0.4 is 9.86 Å². The monoisotopic (exact) mass is 356 g/mol. The highest BCUT2D eigenvalue weighted by molar-refractivity contribution is 7.92. The molecule has 0 spiro atoms. The van der Waals surface area contributed by atoms with Gasteiger partial charge in [-0.2, -0.15) is 0 Å². The standard InChI is InChI=1S/C19H20N2O3S/c1-13-5-8-17(9-6-13)21(25(3,23)24)12-16-11-15-7-4-14(2)10-18(15)20-19(16)22/h4-11H,12H2,1-3H3,(H,20,22). The van der Waals surface area contributed by atoms with Crippen LogP contribution in [0.2, 0.25) is 0 Å². The Bertz CT molecular complexity index is 1080. The van der Waals surface area contributed by atoms with Crippen molar-refractivity contribution >= 4 is 26.6 Å². The van der Waals surface area contributed by atoms with Crippen LogP contribution in [-0.2, 0) is 16.6 Å². The highest BCUT2D eigenvalue weighted by Crippen LogP contribution is 2.21. The molecule has 0 saturated heterocycles. The second kappa shape index (κ2) is 6.37. The minimum absolute atomic E-state index is 0.0129. The van der Waals surface area contributed by atoms with Gasteiger partial charge in [0.1, 0.15) is 0 Å². The number of rotatable bonds is 4. The fourth-order valence-electron chi connectivity index (χ4n) is 2.74. The molecule has 3 rings (SSSR count). The highest BCUT2D eigenvalue weighted by Gasteiger charge is 2.19. The summed E-state index contributed by atoms with van der Waals surface area (Å²) in [5.74, 6) is 0. The summed E-state index contributed by atoms with van der Waals surface area (Å²) < 4.78 is 25.8. The molecule has 0 aliphatic carbocycles. The van der Waals surface area contributed by atoms with Gasteiger partial charge in [0.2, 0.25) is 10.0 Å². The number of fused-ring (bicyclic) bond motifs is 1. The Balaban J connectivity index is 2.07. The number of pyridine rings is 1. The van der Waals surface area contributed by atoms with Gasteiger partial charge in [0.15, 0.2) is 0 Å². The van der Waals surface area contributed by atoms with Gasteiger partial charge < -0.3 is 4.98 Å². The average Bonchev–Trinajstić information content (AvgIpc) is 2.53. The van der Waals surface area contributed by atoms with Crippen molar-refractivity contribution in [2.45, 2.75) is 20.4 Å². The summed E-state index contributed by atoms with van der Waals surface area (Å²) in [7, 11) is -3.53. The zero-order valence-electron chi connectivity index (χ0n) is 14.4. The van der Waals surface area contributed by atoms with Crippen molar-refractivity contribution in [3.63, 3.8) is 0 Å². The van der Waals surface area contributed by atoms with Crippen LogP contribution in [0.1, 0.15) is 16.7 Å². The summed E-state index contributed by atoms with van der Waals surface area (Å²) in [4.78, 5) is 15.3. The molecule has 0 amide bonds. The second-order valence-electron chi connectivity index (χ2n) is 6.32. The van der Waals surface area contributed by atoms with E-state index in [0.29, 0.717) is 11.3 Å². The number of H-pyrrole nitrogens is 1. The van der Waals surface area contributed by atoms with Gasteiger partial charge in [-0.1, -0.05) is 29.8 Å². The van der Waals surface area contributed by atoms with Gasteiger partial charge in [-0.25, -0.2) is 8.42 Å². The summed E-state index contributed by atoms with van der Waals surface area (Å²) in [5.41, 5.74) is 3.50. The van der Waals surface area contributed by atoms with Gasteiger partial charge in [-0.05, 0) is 49.1 Å². The van der Waals surface area contributed by atoms with Crippen molar-refractivity contribution in [3.8, 4) is 0 Å². The Hall–Kier alpha value is -2.60. The van der Waals surface area contributed by atoms with E-state index in [9.17, 15) is 13.2 Å². The third-order valence-corrected chi connectivity index (χ3v) is 5.26. The predicted molar refractivity (Wildman–Crippen MR) is 102 cm³/mol. The van der Waals surface area contributed by atoms with Crippen LogP contribution in [0.3, 0.4) is 0 Å². The second-order valence-corrected chi connectivity index (χ2v) is 8.23. The Labute approximate surface area is 147 Å². The van der Waals surface area contributed by atoms with E-state index < -0.39 is 10.0 Å². The van der Waals surface area contributed by atoms with Crippen molar-refractivity contribution in [3.05, 3.63) is 75.6 Å². The van der Waals surface area contributed by atoms with Crippen molar-refractivity contribution in [1.29, 1.82) is 0 Å². The molecule has 1 N–H and O–H groups in total. The van der Waals surface area contributed by atoms with E-state index >= 15 is 0 Å². The topological polar surface area (TPSA) is 70.2 Å². The number of anilines is 1. The lowest BCUT2D eigenvalue weighted by Gasteiger charge is -2.22. The Kier molecular flexibility index (Phi) is 4.39. The van der Waals surface area contributed by atoms with E-state index in [0.717, 1.165) is 28.3 Å². The van der Waals surface area contributed by atoms with E-state index in [-0.39, 0.29) is 12.1 Å². The maximum Gasteiger partial charge on any atom is 0.253 e. The molecule has 0 radical (unpaired) electrons. The molecule has 0 unspecified atom stereocenters. The fourth-order valence-corrected chi connectivity index (χ4v) is 3.62. The summed E-state index contributed by atoms with van der Waals surface area (Å²) in [6.45, 7) is 3.88. The lowest BCUT2D eigenvalue weighted by molar-refractivity contribution is 0.596.